The summed E-state index contributed by atoms with van der Waals surface area (Å²) in [6.07, 6.45) is 4.11. The molecule has 0 atom stereocenters. The monoisotopic (exact) mass is 311 g/mol. The molecule has 3 heteroatoms. The molecule has 108 valence electrons. The average Bonchev–Trinajstić information content (AvgIpc) is 2.47. The molecule has 0 saturated heterocycles. The Kier molecular flexibility index (Phi) is 5.59. The highest BCUT2D eigenvalue weighted by Crippen LogP contribution is 2.32. The van der Waals surface area contributed by atoms with E-state index in [-0.39, 0.29) is 0 Å². The minimum absolute atomic E-state index is 0.994. The van der Waals surface area contributed by atoms with Gasteiger partial charge in [0.05, 0.1) is 13.8 Å². The summed E-state index contributed by atoms with van der Waals surface area (Å²) in [6, 6.07) is 20.6. The van der Waals surface area contributed by atoms with Gasteiger partial charge in [-0.3, -0.25) is 4.99 Å². The normalized spacial score (nSPS) is 12.8. The molecule has 0 saturated carbocycles. The Morgan fingerprint density at radius 1 is 0.905 bits per heavy atom. The molecule has 0 radical (unpaired) electrons. The molecule has 0 heterocycles. The van der Waals surface area contributed by atoms with Gasteiger partial charge in [0.15, 0.2) is 0 Å². The zero-order chi connectivity index (χ0) is 15.1. The highest BCUT2D eigenvalue weighted by atomic mass is 32.2. The van der Waals surface area contributed by atoms with E-state index in [0.717, 1.165) is 5.69 Å². The van der Waals surface area contributed by atoms with E-state index in [9.17, 15) is 0 Å². The van der Waals surface area contributed by atoms with Gasteiger partial charge in [0, 0.05) is 11.1 Å². The summed E-state index contributed by atoms with van der Waals surface area (Å²) in [7, 11) is -1.37. The molecule has 0 aliphatic heterocycles. The maximum absolute atomic E-state index is 4.51. The van der Waals surface area contributed by atoms with Crippen molar-refractivity contribution in [2.45, 2.75) is 24.5 Å². The maximum Gasteiger partial charge on any atom is 0.0862 e. The van der Waals surface area contributed by atoms with Crippen LogP contribution in [-0.2, 0) is 0 Å². The van der Waals surface area contributed by atoms with Gasteiger partial charge in [0.25, 0.3) is 0 Å². The van der Waals surface area contributed by atoms with E-state index in [2.05, 4.69) is 61.0 Å². The van der Waals surface area contributed by atoms with Gasteiger partial charge in [-0.2, -0.15) is 0 Å². The van der Waals surface area contributed by atoms with Crippen molar-refractivity contribution in [1.29, 1.82) is 0 Å². The number of aliphatic imine (C=N–C) groups is 1. The SMILES string of the molecule is C[Si](C)(C)/C(=C\C=Nc1ccccc1)Sc1ccccc1. The predicted octanol–water partition coefficient (Wildman–Crippen LogP) is 5.94. The molecule has 0 N–H and O–H groups in total. The molecule has 2 aromatic rings. The number of para-hydroxylation sites is 1. The number of hydrogen-bond donors (Lipinski definition) is 0. The van der Waals surface area contributed by atoms with Gasteiger partial charge < -0.3 is 0 Å². The molecular formula is C18H21NSSi. The van der Waals surface area contributed by atoms with Gasteiger partial charge in [-0.25, -0.2) is 0 Å². The van der Waals surface area contributed by atoms with E-state index in [1.165, 1.54) is 9.42 Å². The summed E-state index contributed by atoms with van der Waals surface area (Å²) < 4.78 is 1.44. The van der Waals surface area contributed by atoms with E-state index >= 15 is 0 Å². The number of nitrogens with zero attached hydrogens (tertiary/aromatic N) is 1. The summed E-state index contributed by atoms with van der Waals surface area (Å²) >= 11 is 1.86. The first-order valence-electron chi connectivity index (χ1n) is 7.08. The quantitative estimate of drug-likeness (QED) is 0.378. The Morgan fingerprint density at radius 3 is 2.05 bits per heavy atom. The molecule has 0 bridgehead atoms. The van der Waals surface area contributed by atoms with Crippen LogP contribution in [0, 0.1) is 0 Å². The lowest BCUT2D eigenvalue weighted by Crippen LogP contribution is -2.22. The second-order valence-electron chi connectivity index (χ2n) is 5.81. The first-order valence-corrected chi connectivity index (χ1v) is 11.4. The molecule has 0 aromatic heterocycles. The molecule has 2 rings (SSSR count). The van der Waals surface area contributed by atoms with Gasteiger partial charge in [0.2, 0.25) is 0 Å². The molecule has 0 aliphatic carbocycles. The first-order chi connectivity index (χ1) is 10.1. The predicted molar refractivity (Wildman–Crippen MR) is 98.3 cm³/mol. The topological polar surface area (TPSA) is 12.4 Å². The lowest BCUT2D eigenvalue weighted by atomic mass is 10.3. The molecule has 0 amide bonds. The second-order valence-corrected chi connectivity index (χ2v) is 12.3. The summed E-state index contributed by atoms with van der Waals surface area (Å²) in [5.41, 5.74) is 0.994. The van der Waals surface area contributed by atoms with Crippen LogP contribution in [0.5, 0.6) is 0 Å². The van der Waals surface area contributed by atoms with E-state index in [0.29, 0.717) is 0 Å². The second kappa shape index (κ2) is 7.43. The van der Waals surface area contributed by atoms with E-state index in [4.69, 9.17) is 0 Å². The minimum atomic E-state index is -1.37. The Bertz CT molecular complexity index is 613. The molecule has 0 spiro atoms. The van der Waals surface area contributed by atoms with Crippen molar-refractivity contribution >= 4 is 31.7 Å². The van der Waals surface area contributed by atoms with Crippen molar-refractivity contribution in [2.75, 3.05) is 0 Å². The van der Waals surface area contributed by atoms with Gasteiger partial charge >= 0.3 is 0 Å². The third-order valence-electron chi connectivity index (χ3n) is 2.92. The fraction of sp³-hybridized carbons (Fsp3) is 0.167. The lowest BCUT2D eigenvalue weighted by Gasteiger charge is -2.19. The van der Waals surface area contributed by atoms with Crippen LogP contribution in [-0.4, -0.2) is 14.3 Å². The summed E-state index contributed by atoms with van der Waals surface area (Å²) in [5, 5.41) is 0. The smallest absolute Gasteiger partial charge is 0.0862 e. The molecule has 1 nitrogen and oxygen atoms in total. The third kappa shape index (κ3) is 5.36. The zero-order valence-corrected chi connectivity index (χ0v) is 14.6. The van der Waals surface area contributed by atoms with Gasteiger partial charge in [-0.15, -0.1) is 0 Å². The maximum atomic E-state index is 4.51. The van der Waals surface area contributed by atoms with Crippen molar-refractivity contribution in [3.63, 3.8) is 0 Å². The van der Waals surface area contributed by atoms with Crippen molar-refractivity contribution in [1.82, 2.24) is 0 Å². The number of thioether (sulfide) groups is 1. The van der Waals surface area contributed by atoms with Gasteiger partial charge in [-0.1, -0.05) is 67.8 Å². The fourth-order valence-corrected chi connectivity index (χ4v) is 4.59. The van der Waals surface area contributed by atoms with E-state index < -0.39 is 8.07 Å². The van der Waals surface area contributed by atoms with Crippen molar-refractivity contribution in [3.8, 4) is 0 Å². The largest absolute Gasteiger partial charge is 0.257 e. The number of allylic oxidation sites excluding steroid dienone is 1. The van der Waals surface area contributed by atoms with Crippen LogP contribution in [0.3, 0.4) is 0 Å². The van der Waals surface area contributed by atoms with Gasteiger partial charge in [-0.05, 0) is 34.9 Å². The zero-order valence-electron chi connectivity index (χ0n) is 12.8. The minimum Gasteiger partial charge on any atom is -0.257 e. The lowest BCUT2D eigenvalue weighted by molar-refractivity contribution is 1.47. The van der Waals surface area contributed by atoms with E-state index in [1.807, 2.05) is 48.3 Å². The number of benzene rings is 2. The van der Waals surface area contributed by atoms with Crippen molar-refractivity contribution in [2.24, 2.45) is 4.99 Å². The molecule has 0 aliphatic rings. The standard InChI is InChI=1S/C18H21NSSi/c1-21(2,3)18(20-17-12-8-5-9-13-17)14-15-19-16-10-6-4-7-11-16/h4-15H,1-3H3/b18-14-,19-15?. The van der Waals surface area contributed by atoms with Crippen LogP contribution < -0.4 is 0 Å². The van der Waals surface area contributed by atoms with Crippen molar-refractivity contribution < 1.29 is 0 Å². The molecule has 0 unspecified atom stereocenters. The van der Waals surface area contributed by atoms with Crippen LogP contribution in [0.1, 0.15) is 0 Å². The Labute approximate surface area is 132 Å². The number of hydrogen-bond acceptors (Lipinski definition) is 2. The first kappa shape index (κ1) is 15.8. The highest BCUT2D eigenvalue weighted by Gasteiger charge is 2.20. The Balaban J connectivity index is 2.17. The highest BCUT2D eigenvalue weighted by molar-refractivity contribution is 8.05. The molecule has 0 fully saturated rings. The number of rotatable bonds is 5. The van der Waals surface area contributed by atoms with Crippen LogP contribution in [0.2, 0.25) is 19.6 Å². The summed E-state index contributed by atoms with van der Waals surface area (Å²) in [5.74, 6) is 0. The molecule has 2 aromatic carbocycles. The Hall–Kier alpha value is -1.58. The summed E-state index contributed by atoms with van der Waals surface area (Å²) in [4.78, 5) is 5.80. The van der Waals surface area contributed by atoms with E-state index in [1.54, 1.807) is 0 Å². The van der Waals surface area contributed by atoms with Crippen LogP contribution in [0.4, 0.5) is 5.69 Å². The van der Waals surface area contributed by atoms with Crippen LogP contribution in [0.25, 0.3) is 0 Å². The van der Waals surface area contributed by atoms with Crippen LogP contribution >= 0.6 is 11.8 Å². The molecule has 21 heavy (non-hydrogen) atoms. The fourth-order valence-electron chi connectivity index (χ4n) is 1.76. The third-order valence-corrected chi connectivity index (χ3v) is 7.57. The average molecular weight is 312 g/mol. The van der Waals surface area contributed by atoms with Crippen LogP contribution in [0.15, 0.2) is 81.2 Å². The van der Waals surface area contributed by atoms with Gasteiger partial charge in [0.1, 0.15) is 0 Å². The van der Waals surface area contributed by atoms with Crippen molar-refractivity contribution in [3.05, 3.63) is 71.3 Å². The molecular weight excluding hydrogens is 290 g/mol. The summed E-state index contributed by atoms with van der Waals surface area (Å²) in [6.45, 7) is 7.10. The Morgan fingerprint density at radius 2 is 1.48 bits per heavy atom.